The zero-order valence-electron chi connectivity index (χ0n) is 79.3. The Morgan fingerprint density at radius 3 is 0.813 bits per heavy atom. The second kappa shape index (κ2) is 42.9. The van der Waals surface area contributed by atoms with Crippen molar-refractivity contribution in [3.05, 3.63) is 407 Å². The summed E-state index contributed by atoms with van der Waals surface area (Å²) >= 11 is 3.48. The zero-order chi connectivity index (χ0) is 98.0. The van der Waals surface area contributed by atoms with Crippen molar-refractivity contribution in [1.82, 2.24) is 0 Å². The Labute approximate surface area is 817 Å². The molecule has 0 spiro atoms. The van der Waals surface area contributed by atoms with E-state index in [2.05, 4.69) is 108 Å². The van der Waals surface area contributed by atoms with Crippen LogP contribution in [0.15, 0.2) is 296 Å². The van der Waals surface area contributed by atoms with E-state index < -0.39 is 0 Å². The van der Waals surface area contributed by atoms with Crippen LogP contribution in [0, 0.1) is 34.6 Å². The van der Waals surface area contributed by atoms with E-state index >= 15 is 0 Å². The molecule has 139 heavy (non-hydrogen) atoms. The largest absolute Gasteiger partial charge is 0.508 e. The average Bonchev–Trinajstić information content (AvgIpc) is 0.707. The molecule has 22 heteroatoms. The quantitative estimate of drug-likeness (QED) is 0.0383. The normalized spacial score (nSPS) is 18.2. The molecule has 15 aromatic carbocycles. The predicted octanol–water partition coefficient (Wildman–Crippen LogP) is 24.7. The molecular weight excluding hydrogens is 1820 g/mol. The highest BCUT2D eigenvalue weighted by Gasteiger charge is 2.42. The molecule has 0 saturated heterocycles. The first-order valence-electron chi connectivity index (χ1n) is 45.8. The minimum Gasteiger partial charge on any atom is -0.508 e. The summed E-state index contributed by atoms with van der Waals surface area (Å²) in [6, 6.07) is 93.0. The van der Waals surface area contributed by atoms with Gasteiger partial charge in [-0.25, -0.2) is 0 Å². The molecule has 21 nitrogen and oxygen atoms in total. The summed E-state index contributed by atoms with van der Waals surface area (Å²) in [6.07, 6.45) is 0. The Bertz CT molecular complexity index is 6830. The first kappa shape index (κ1) is 96.7. The van der Waals surface area contributed by atoms with Gasteiger partial charge in [0.1, 0.15) is 102 Å². The number of hydrogen-bond acceptors (Lipinski definition) is 21. The first-order valence-corrected chi connectivity index (χ1v) is 46.6. The molecular formula is C117H113BrO21. The van der Waals surface area contributed by atoms with Gasteiger partial charge in [-0.1, -0.05) is 157 Å². The Hall–Kier alpha value is -15.4. The van der Waals surface area contributed by atoms with Gasteiger partial charge in [-0.2, -0.15) is 0 Å². The van der Waals surface area contributed by atoms with Gasteiger partial charge in [0.05, 0.1) is 82.8 Å². The van der Waals surface area contributed by atoms with Crippen molar-refractivity contribution in [2.45, 2.75) is 93.8 Å². The molecule has 15 aromatic rings. The number of aromatic hydroxyl groups is 9. The van der Waals surface area contributed by atoms with Crippen LogP contribution >= 0.6 is 15.9 Å². The summed E-state index contributed by atoms with van der Waals surface area (Å²) < 4.78 is 68.6. The van der Waals surface area contributed by atoms with E-state index in [-0.39, 0.29) is 111 Å². The predicted molar refractivity (Wildman–Crippen MR) is 539 cm³/mol. The number of rotatable bonds is 17. The van der Waals surface area contributed by atoms with Gasteiger partial charge in [-0.3, -0.25) is 0 Å². The molecule has 0 amide bonds. The monoisotopic (exact) mass is 1930 g/mol. The Balaban J connectivity index is 0.000000125. The summed E-state index contributed by atoms with van der Waals surface area (Å²) in [5.41, 5.74) is 20.6. The first-order chi connectivity index (χ1) is 67.3. The Kier molecular flexibility index (Phi) is 29.8. The molecule has 9 N–H and O–H groups in total. The average molecular weight is 1940 g/mol. The summed E-state index contributed by atoms with van der Waals surface area (Å²) in [4.78, 5) is 0. The van der Waals surface area contributed by atoms with Crippen molar-refractivity contribution in [1.29, 1.82) is 0 Å². The van der Waals surface area contributed by atoms with Crippen LogP contribution < -0.4 is 56.8 Å². The lowest BCUT2D eigenvalue weighted by molar-refractivity contribution is 0.245. The summed E-state index contributed by atoms with van der Waals surface area (Å²) in [6.45, 7) is 12.1. The van der Waals surface area contributed by atoms with Gasteiger partial charge in [0.2, 0.25) is 0 Å². The van der Waals surface area contributed by atoms with Crippen LogP contribution in [0.4, 0.5) is 0 Å². The van der Waals surface area contributed by atoms with Gasteiger partial charge in [-0.15, -0.1) is 0 Å². The summed E-state index contributed by atoms with van der Waals surface area (Å²) in [5, 5.41) is 89.8. The Morgan fingerprint density at radius 1 is 0.223 bits per heavy atom. The second-order valence-electron chi connectivity index (χ2n) is 35.1. The number of hydrogen-bond donors (Lipinski definition) is 9. The molecule has 20 rings (SSSR count). The maximum absolute atomic E-state index is 10.1. The van der Waals surface area contributed by atoms with Crippen LogP contribution in [0.5, 0.6) is 121 Å². The molecule has 0 fully saturated rings. The van der Waals surface area contributed by atoms with E-state index in [1.165, 1.54) is 34.4 Å². The lowest BCUT2D eigenvalue weighted by Crippen LogP contribution is -2.26. The van der Waals surface area contributed by atoms with Crippen molar-refractivity contribution in [2.75, 3.05) is 82.8 Å². The van der Waals surface area contributed by atoms with Gasteiger partial charge in [-0.05, 0) is 246 Å². The number of ether oxygens (including phenoxy) is 12. The van der Waals surface area contributed by atoms with Crippen molar-refractivity contribution < 1.29 is 103 Å². The highest BCUT2D eigenvalue weighted by atomic mass is 79.9. The van der Waals surface area contributed by atoms with E-state index in [4.69, 9.17) is 56.8 Å². The second-order valence-corrected chi connectivity index (χ2v) is 35.9. The lowest BCUT2D eigenvalue weighted by atomic mass is 9.75. The van der Waals surface area contributed by atoms with Crippen molar-refractivity contribution in [2.24, 2.45) is 0 Å². The maximum atomic E-state index is 10.1. The summed E-state index contributed by atoms with van der Waals surface area (Å²) in [7, 11) is 11.6. The molecule has 0 aromatic heterocycles. The highest BCUT2D eigenvalue weighted by molar-refractivity contribution is 9.10. The third kappa shape index (κ3) is 20.5. The van der Waals surface area contributed by atoms with Crippen molar-refractivity contribution >= 4 is 15.9 Å². The standard InChI is InChI=1S/C24H24O5.C24H24O4.C23H21BrO3.C23H22O5.C23H22O4/c1-14-22(28-3)11-9-18-23(15-4-7-17(27-2)8-5-15)19(13-29-24(14)18)16-6-10-20(25)21(26)12-16;1-15-22(25)12-11-20-23(16-7-9-18(26-2)10-8-16)21(14-28-24(15)20)17-5-4-6-19(13-17)27-3;1-14-3-5-15(6-4-14)19-13-27-23-18(11-12-20(25)22(23)24)21(19)16-7-9-17(26-2)10-8-16;1-13-19(24)10-8-17-22(14-3-6-16(27-2)7-4-14)18(12-28-23(13)17)15-5-9-20(25)21(26)11-15;1-14-21(25)11-10-19-22(15-6-8-18(26-2)9-7-15)20(13-27-23(14)19)16-4-3-5-17(24)12-16/h4-12,19,23,25-26H,13H2,1-3H3;4-13,21,23,25H,14H2,1-3H3;3-12,19,21,25H,13H2,1-2H3;3-11,18,22,24-26H,12H2,1-2H3;3-12,20,22,24-25H,13H2,1-2H3. The molecule has 0 bridgehead atoms. The van der Waals surface area contributed by atoms with Gasteiger partial charge in [0.25, 0.3) is 0 Å². The minimum atomic E-state index is -0.154. The van der Waals surface area contributed by atoms with Gasteiger partial charge < -0.3 is 103 Å². The van der Waals surface area contributed by atoms with Crippen LogP contribution in [0.25, 0.3) is 0 Å². The third-order valence-electron chi connectivity index (χ3n) is 27.2. The SMILES string of the molecule is COc1ccc(C2c3ccc(O)c(Br)c3OCC2c2ccc(C)cc2)cc1.COc1ccc(C2c3ccc(O)c(C)c3OCC2c2ccc(O)c(O)c2)cc1.COc1ccc(C2c3ccc(O)c(C)c3OCC2c2cccc(O)c2)cc1.COc1ccc(C2c3ccc(O)c(C)c3OCC2c2cccc(OC)c2)cc1.COc1ccc(C2c3ccc(OC)c(C)c3OCC2c2ccc(O)c(O)c2)cc1. The van der Waals surface area contributed by atoms with E-state index in [0.717, 1.165) is 147 Å². The van der Waals surface area contributed by atoms with E-state index in [0.29, 0.717) is 48.8 Å². The molecule has 0 radical (unpaired) electrons. The Morgan fingerprint density at radius 2 is 0.489 bits per heavy atom. The minimum absolute atomic E-state index is 0.0122. The van der Waals surface area contributed by atoms with Crippen LogP contribution in [0.2, 0.25) is 0 Å². The molecule has 5 aliphatic rings. The molecule has 714 valence electrons. The third-order valence-corrected chi connectivity index (χ3v) is 28.0. The number of phenols is 9. The van der Waals surface area contributed by atoms with Crippen LogP contribution in [0.3, 0.4) is 0 Å². The van der Waals surface area contributed by atoms with Gasteiger partial charge >= 0.3 is 0 Å². The lowest BCUT2D eigenvalue weighted by Gasteiger charge is -2.35. The number of halogens is 1. The maximum Gasteiger partial charge on any atom is 0.157 e. The molecule has 5 aliphatic heterocycles. The summed E-state index contributed by atoms with van der Waals surface area (Å²) in [5.74, 6) is 10.5. The zero-order valence-corrected chi connectivity index (χ0v) is 80.9. The molecule has 0 saturated carbocycles. The van der Waals surface area contributed by atoms with Crippen molar-refractivity contribution in [3.8, 4) is 121 Å². The number of methoxy groups -OCH3 is 7. The van der Waals surface area contributed by atoms with Crippen molar-refractivity contribution in [3.63, 3.8) is 0 Å². The number of phenolic OH excluding ortho intramolecular Hbond substituents is 9. The fourth-order valence-electron chi connectivity index (χ4n) is 19.7. The molecule has 5 heterocycles. The van der Waals surface area contributed by atoms with E-state index in [1.54, 1.807) is 104 Å². The highest BCUT2D eigenvalue weighted by Crippen LogP contribution is 2.57. The van der Waals surface area contributed by atoms with Crippen LogP contribution in [-0.2, 0) is 0 Å². The number of fused-ring (bicyclic) bond motifs is 5. The number of aryl methyl sites for hydroxylation is 1. The van der Waals surface area contributed by atoms with E-state index in [9.17, 15) is 46.0 Å². The van der Waals surface area contributed by atoms with E-state index in [1.807, 2.05) is 167 Å². The van der Waals surface area contributed by atoms with Gasteiger partial charge in [0.15, 0.2) is 23.0 Å². The molecule has 10 unspecified atom stereocenters. The number of benzene rings is 15. The fraction of sp³-hybridized carbons (Fsp3) is 0.231. The smallest absolute Gasteiger partial charge is 0.157 e. The molecule has 0 aliphatic carbocycles. The fourth-order valence-corrected chi connectivity index (χ4v) is 20.2. The van der Waals surface area contributed by atoms with Crippen LogP contribution in [-0.4, -0.2) is 129 Å². The van der Waals surface area contributed by atoms with Gasteiger partial charge in [0, 0.05) is 109 Å². The molecule has 10 atom stereocenters. The topological polar surface area (TPSA) is 293 Å². The van der Waals surface area contributed by atoms with Crippen LogP contribution in [0.1, 0.15) is 170 Å².